The molecule has 5 aliphatic carbocycles. The lowest BCUT2D eigenvalue weighted by molar-refractivity contribution is -0.297. The molecule has 0 radical (unpaired) electrons. The summed E-state index contributed by atoms with van der Waals surface area (Å²) in [7, 11) is 4.98. The first-order valence-electron chi connectivity index (χ1n) is 12.3. The predicted octanol–water partition coefficient (Wildman–Crippen LogP) is -0.527. The van der Waals surface area contributed by atoms with Gasteiger partial charge in [0.15, 0.2) is 0 Å². The van der Waals surface area contributed by atoms with E-state index in [4.69, 9.17) is 14.2 Å². The number of hydrogen-bond acceptors (Lipinski definition) is 8. The summed E-state index contributed by atoms with van der Waals surface area (Å²) in [6.45, 7) is 4.33. The first-order valence-corrected chi connectivity index (χ1v) is 12.3. The first kappa shape index (κ1) is 22.2. The second-order valence-electron chi connectivity index (χ2n) is 11.6. The van der Waals surface area contributed by atoms with Crippen molar-refractivity contribution in [1.29, 1.82) is 0 Å². The van der Waals surface area contributed by atoms with Crippen molar-refractivity contribution in [3.05, 3.63) is 0 Å². The zero-order valence-corrected chi connectivity index (χ0v) is 19.6. The minimum absolute atomic E-state index is 0.000250. The van der Waals surface area contributed by atoms with Crippen LogP contribution in [0.15, 0.2) is 0 Å². The Morgan fingerprint density at radius 2 is 1.75 bits per heavy atom. The fourth-order valence-electron chi connectivity index (χ4n) is 10.7. The molecule has 182 valence electrons. The summed E-state index contributed by atoms with van der Waals surface area (Å²) in [6.07, 6.45) is -1.22. The molecule has 0 aromatic heterocycles. The lowest BCUT2D eigenvalue weighted by atomic mass is 9.43. The van der Waals surface area contributed by atoms with Crippen molar-refractivity contribution in [3.8, 4) is 0 Å². The molecule has 1 aliphatic heterocycles. The van der Waals surface area contributed by atoms with Crippen molar-refractivity contribution in [2.24, 2.45) is 40.4 Å². The molecule has 5 saturated carbocycles. The van der Waals surface area contributed by atoms with Gasteiger partial charge in [0.25, 0.3) is 0 Å². The van der Waals surface area contributed by atoms with Crippen molar-refractivity contribution in [1.82, 2.24) is 4.90 Å². The molecule has 1 spiro atoms. The number of methoxy groups -OCH3 is 3. The highest BCUT2D eigenvalue weighted by atomic mass is 16.5. The van der Waals surface area contributed by atoms with Crippen molar-refractivity contribution < 1.29 is 34.6 Å². The van der Waals surface area contributed by atoms with Crippen LogP contribution in [-0.4, -0.2) is 109 Å². The second kappa shape index (κ2) is 6.88. The molecule has 32 heavy (non-hydrogen) atoms. The highest BCUT2D eigenvalue weighted by molar-refractivity contribution is 5.36. The summed E-state index contributed by atoms with van der Waals surface area (Å²) < 4.78 is 17.7. The first-order chi connectivity index (χ1) is 15.3. The van der Waals surface area contributed by atoms with E-state index < -0.39 is 47.3 Å². The van der Waals surface area contributed by atoms with Crippen LogP contribution in [0.3, 0.4) is 0 Å². The van der Waals surface area contributed by atoms with Crippen LogP contribution in [0, 0.1) is 40.4 Å². The van der Waals surface area contributed by atoms with Crippen LogP contribution in [0.2, 0.25) is 0 Å². The molecular formula is C24H39NO7. The van der Waals surface area contributed by atoms with Gasteiger partial charge in [0.1, 0.15) is 11.7 Å². The van der Waals surface area contributed by atoms with Crippen molar-refractivity contribution >= 4 is 0 Å². The molecular weight excluding hydrogens is 414 g/mol. The van der Waals surface area contributed by atoms with Crippen molar-refractivity contribution in [2.75, 3.05) is 41.0 Å². The lowest BCUT2D eigenvalue weighted by Gasteiger charge is -2.69. The topological polar surface area (TPSA) is 112 Å². The van der Waals surface area contributed by atoms with E-state index in [0.29, 0.717) is 19.4 Å². The molecule has 6 rings (SSSR count). The average molecular weight is 454 g/mol. The van der Waals surface area contributed by atoms with E-state index in [9.17, 15) is 20.4 Å². The standard InChI is InChI=1S/C24H39NO7/c1-5-25-9-22(10-30-2)7-6-13(26)23-12-8-11-16(27)14(12)24(29,21(28)17(11)31-3)15(20(23)25)18(32-4)19(22)23/h11-21,26-29H,5-10H2,1-4H3/t11-,12+,13-,14+,15?,16?,17+,18-,19+,20?,21-,22-,23?,24+/m0/s1. The van der Waals surface area contributed by atoms with Crippen LogP contribution < -0.4 is 0 Å². The van der Waals surface area contributed by atoms with Gasteiger partial charge in [-0.15, -0.1) is 0 Å². The van der Waals surface area contributed by atoms with Crippen LogP contribution in [0.4, 0.5) is 0 Å². The molecule has 1 heterocycles. The third kappa shape index (κ3) is 2.07. The Morgan fingerprint density at radius 3 is 2.38 bits per heavy atom. The molecule has 7 bridgehead atoms. The highest BCUT2D eigenvalue weighted by Crippen LogP contribution is 2.79. The Hall–Kier alpha value is -0.320. The quantitative estimate of drug-likeness (QED) is 0.440. The minimum atomic E-state index is -1.54. The monoisotopic (exact) mass is 453 g/mol. The molecule has 8 nitrogen and oxygen atoms in total. The smallest absolute Gasteiger partial charge is 0.110 e. The van der Waals surface area contributed by atoms with E-state index in [0.717, 1.165) is 19.5 Å². The average Bonchev–Trinajstić information content (AvgIpc) is 3.19. The molecule has 14 atom stereocenters. The molecule has 1 saturated heterocycles. The van der Waals surface area contributed by atoms with E-state index in [2.05, 4.69) is 11.8 Å². The van der Waals surface area contributed by atoms with Gasteiger partial charge >= 0.3 is 0 Å². The number of aliphatic hydroxyl groups excluding tert-OH is 3. The number of piperidine rings is 1. The number of likely N-dealkylation sites (tertiary alicyclic amines) is 1. The van der Waals surface area contributed by atoms with E-state index in [1.165, 1.54) is 0 Å². The van der Waals surface area contributed by atoms with Gasteiger partial charge in [0.2, 0.25) is 0 Å². The maximum absolute atomic E-state index is 12.5. The number of nitrogens with zero attached hydrogens (tertiary/aromatic N) is 1. The van der Waals surface area contributed by atoms with E-state index in [1.807, 2.05) is 0 Å². The largest absolute Gasteiger partial charge is 0.392 e. The van der Waals surface area contributed by atoms with Gasteiger partial charge in [-0.3, -0.25) is 4.90 Å². The van der Waals surface area contributed by atoms with Gasteiger partial charge in [0.05, 0.1) is 31.0 Å². The van der Waals surface area contributed by atoms with Crippen LogP contribution in [-0.2, 0) is 14.2 Å². The Morgan fingerprint density at radius 1 is 1.03 bits per heavy atom. The number of ether oxygens (including phenoxy) is 3. The Labute approximate surface area is 189 Å². The third-order valence-corrected chi connectivity index (χ3v) is 11.2. The summed E-state index contributed by atoms with van der Waals surface area (Å²) >= 11 is 0. The Bertz CT molecular complexity index is 783. The molecule has 6 aliphatic rings. The van der Waals surface area contributed by atoms with E-state index in [-0.39, 0.29) is 35.3 Å². The predicted molar refractivity (Wildman–Crippen MR) is 114 cm³/mol. The zero-order valence-electron chi connectivity index (χ0n) is 19.6. The number of rotatable bonds is 5. The summed E-state index contributed by atoms with van der Waals surface area (Å²) in [4.78, 5) is 2.42. The number of aliphatic hydroxyl groups is 4. The number of fused-ring (bicyclic) bond motifs is 2. The maximum Gasteiger partial charge on any atom is 0.110 e. The van der Waals surface area contributed by atoms with Crippen molar-refractivity contribution in [3.63, 3.8) is 0 Å². The van der Waals surface area contributed by atoms with Gasteiger partial charge in [-0.2, -0.15) is 0 Å². The summed E-state index contributed by atoms with van der Waals surface area (Å²) in [5.74, 6) is -1.29. The van der Waals surface area contributed by atoms with Gasteiger partial charge in [0, 0.05) is 68.4 Å². The van der Waals surface area contributed by atoms with Gasteiger partial charge < -0.3 is 34.6 Å². The number of hydrogen-bond donors (Lipinski definition) is 4. The zero-order chi connectivity index (χ0) is 22.8. The molecule has 4 N–H and O–H groups in total. The molecule has 8 heteroatoms. The third-order valence-electron chi connectivity index (χ3n) is 11.2. The highest BCUT2D eigenvalue weighted by Gasteiger charge is 2.87. The lowest BCUT2D eigenvalue weighted by Crippen LogP contribution is -2.78. The van der Waals surface area contributed by atoms with Crippen LogP contribution in [0.5, 0.6) is 0 Å². The van der Waals surface area contributed by atoms with Gasteiger partial charge in [-0.1, -0.05) is 6.92 Å². The van der Waals surface area contributed by atoms with Crippen LogP contribution >= 0.6 is 0 Å². The fraction of sp³-hybridized carbons (Fsp3) is 1.00. The maximum atomic E-state index is 12.5. The van der Waals surface area contributed by atoms with Gasteiger partial charge in [-0.05, 0) is 31.7 Å². The Balaban J connectivity index is 1.64. The normalized spacial score (nSPS) is 62.4. The van der Waals surface area contributed by atoms with Crippen LogP contribution in [0.25, 0.3) is 0 Å². The summed E-state index contributed by atoms with van der Waals surface area (Å²) in [5, 5.41) is 47.3. The van der Waals surface area contributed by atoms with E-state index in [1.54, 1.807) is 21.3 Å². The molecule has 0 aromatic carbocycles. The Kier molecular flexibility index (Phi) is 4.76. The molecule has 4 unspecified atom stereocenters. The van der Waals surface area contributed by atoms with Gasteiger partial charge in [-0.25, -0.2) is 0 Å². The summed E-state index contributed by atoms with van der Waals surface area (Å²) in [5.41, 5.74) is -2.24. The SMILES string of the molecule is CCN1C[C@]2(COC)CC[C@H](O)C34C1C([C@H](OC)[C@@H]32)[C@@]1(O)[C@@H](O)[C@H](OC)[C@H]2C[C@@H]4[C@@H]1C2O. The van der Waals surface area contributed by atoms with Crippen molar-refractivity contribution in [2.45, 2.75) is 68.3 Å². The minimum Gasteiger partial charge on any atom is -0.392 e. The molecule has 0 aromatic rings. The fourth-order valence-corrected chi connectivity index (χ4v) is 10.7. The van der Waals surface area contributed by atoms with E-state index >= 15 is 0 Å². The molecule has 0 amide bonds. The van der Waals surface area contributed by atoms with Crippen LogP contribution in [0.1, 0.15) is 26.2 Å². The summed E-state index contributed by atoms with van der Waals surface area (Å²) in [6, 6.07) is -0.120. The molecule has 6 fully saturated rings. The second-order valence-corrected chi connectivity index (χ2v) is 11.6.